The minimum absolute atomic E-state index is 0.629. The summed E-state index contributed by atoms with van der Waals surface area (Å²) < 4.78 is 5.88. The van der Waals surface area contributed by atoms with Gasteiger partial charge in [-0.1, -0.05) is 13.8 Å². The molecule has 0 aliphatic carbocycles. The number of anilines is 1. The summed E-state index contributed by atoms with van der Waals surface area (Å²) in [6.07, 6.45) is 2.05. The molecule has 2 rings (SSSR count). The maximum absolute atomic E-state index is 5.88. The number of ether oxygens (including phenoxy) is 1. The number of hydrogen-bond donors (Lipinski definition) is 1. The van der Waals surface area contributed by atoms with Crippen LogP contribution in [-0.4, -0.2) is 48.7 Å². The van der Waals surface area contributed by atoms with E-state index in [4.69, 9.17) is 4.74 Å². The second kappa shape index (κ2) is 7.56. The van der Waals surface area contributed by atoms with E-state index >= 15 is 0 Å². The van der Waals surface area contributed by atoms with Gasteiger partial charge in [0.1, 0.15) is 11.4 Å². The highest BCUT2D eigenvalue weighted by Gasteiger charge is 2.12. The van der Waals surface area contributed by atoms with Gasteiger partial charge < -0.3 is 15.0 Å². The Morgan fingerprint density at radius 2 is 2.10 bits per heavy atom. The van der Waals surface area contributed by atoms with Crippen LogP contribution in [0.2, 0.25) is 0 Å². The Bertz CT molecular complexity index is 582. The number of aryl methyl sites for hydroxylation is 1. The van der Waals surface area contributed by atoms with Crippen LogP contribution in [0.1, 0.15) is 25.1 Å². The third-order valence-electron chi connectivity index (χ3n) is 3.07. The lowest BCUT2D eigenvalue weighted by Gasteiger charge is -2.12. The van der Waals surface area contributed by atoms with Crippen molar-refractivity contribution in [2.24, 2.45) is 0 Å². The van der Waals surface area contributed by atoms with Crippen molar-refractivity contribution < 1.29 is 4.74 Å². The normalized spacial score (nSPS) is 11.3. The first-order valence-corrected chi connectivity index (χ1v) is 8.27. The largest absolute Gasteiger partial charge is 0.476 e. The first-order valence-electron chi connectivity index (χ1n) is 7.45. The number of likely N-dealkylation sites (N-methyl/N-ethyl adjacent to an activating group) is 1. The van der Waals surface area contributed by atoms with Crippen molar-refractivity contribution in [1.29, 1.82) is 0 Å². The number of thiophene rings is 1. The third-order valence-corrected chi connectivity index (χ3v) is 4.24. The summed E-state index contributed by atoms with van der Waals surface area (Å²) in [4.78, 5) is 13.5. The van der Waals surface area contributed by atoms with Crippen LogP contribution in [0.5, 0.6) is 5.88 Å². The molecule has 6 heteroatoms. The standard InChI is InChI=1S/C15H24N4OS/c1-5-7-16-15-17-13(20-9-8-19(3)4)12-10-11(6-2)21-14(12)18-15/h10H,5-9H2,1-4H3,(H,16,17,18). The van der Waals surface area contributed by atoms with E-state index in [1.165, 1.54) is 4.88 Å². The van der Waals surface area contributed by atoms with Crippen molar-refractivity contribution in [2.45, 2.75) is 26.7 Å². The zero-order valence-electron chi connectivity index (χ0n) is 13.3. The van der Waals surface area contributed by atoms with Gasteiger partial charge in [-0.2, -0.15) is 4.98 Å². The van der Waals surface area contributed by atoms with Crippen LogP contribution in [-0.2, 0) is 6.42 Å². The lowest BCUT2D eigenvalue weighted by atomic mass is 10.3. The van der Waals surface area contributed by atoms with Crippen molar-refractivity contribution >= 4 is 27.5 Å². The maximum Gasteiger partial charge on any atom is 0.227 e. The minimum atomic E-state index is 0.629. The van der Waals surface area contributed by atoms with E-state index in [2.05, 4.69) is 40.1 Å². The highest BCUT2D eigenvalue weighted by atomic mass is 32.1. The molecule has 0 fully saturated rings. The van der Waals surface area contributed by atoms with Gasteiger partial charge in [-0.25, -0.2) is 4.98 Å². The monoisotopic (exact) mass is 308 g/mol. The molecule has 0 radical (unpaired) electrons. The number of fused-ring (bicyclic) bond motifs is 1. The Morgan fingerprint density at radius 1 is 1.29 bits per heavy atom. The fourth-order valence-electron chi connectivity index (χ4n) is 1.87. The summed E-state index contributed by atoms with van der Waals surface area (Å²) >= 11 is 1.72. The summed E-state index contributed by atoms with van der Waals surface area (Å²) in [6, 6.07) is 2.15. The average molecular weight is 308 g/mol. The molecule has 0 aliphatic heterocycles. The van der Waals surface area contributed by atoms with Crippen LogP contribution in [0.3, 0.4) is 0 Å². The highest BCUT2D eigenvalue weighted by molar-refractivity contribution is 7.18. The molecule has 0 aliphatic rings. The average Bonchev–Trinajstić information content (AvgIpc) is 2.88. The van der Waals surface area contributed by atoms with Gasteiger partial charge in [-0.3, -0.25) is 0 Å². The summed E-state index contributed by atoms with van der Waals surface area (Å²) in [5.74, 6) is 1.35. The molecule has 2 aromatic rings. The molecule has 2 heterocycles. The summed E-state index contributed by atoms with van der Waals surface area (Å²) in [6.45, 7) is 6.65. The van der Waals surface area contributed by atoms with Gasteiger partial charge in [0.2, 0.25) is 11.8 Å². The number of rotatable bonds is 8. The van der Waals surface area contributed by atoms with E-state index < -0.39 is 0 Å². The van der Waals surface area contributed by atoms with Gasteiger partial charge in [-0.05, 0) is 33.0 Å². The van der Waals surface area contributed by atoms with E-state index in [-0.39, 0.29) is 0 Å². The predicted molar refractivity (Wildman–Crippen MR) is 89.6 cm³/mol. The Balaban J connectivity index is 2.27. The van der Waals surface area contributed by atoms with Gasteiger partial charge in [0.15, 0.2) is 0 Å². The van der Waals surface area contributed by atoms with Crippen LogP contribution in [0, 0.1) is 0 Å². The zero-order chi connectivity index (χ0) is 15.2. The number of hydrogen-bond acceptors (Lipinski definition) is 6. The van der Waals surface area contributed by atoms with Crippen molar-refractivity contribution in [2.75, 3.05) is 39.1 Å². The van der Waals surface area contributed by atoms with Crippen LogP contribution in [0.15, 0.2) is 6.07 Å². The molecular weight excluding hydrogens is 284 g/mol. The molecule has 0 bridgehead atoms. The van der Waals surface area contributed by atoms with Gasteiger partial charge in [0.25, 0.3) is 0 Å². The Hall–Kier alpha value is -1.40. The van der Waals surface area contributed by atoms with Gasteiger partial charge in [0.05, 0.1) is 5.39 Å². The SMILES string of the molecule is CCCNc1nc(OCCN(C)C)c2cc(CC)sc2n1. The molecule has 0 amide bonds. The predicted octanol–water partition coefficient (Wildman–Crippen LogP) is 3.02. The van der Waals surface area contributed by atoms with Crippen LogP contribution in [0.25, 0.3) is 10.2 Å². The Labute approximate surface area is 130 Å². The topological polar surface area (TPSA) is 50.3 Å². The number of aromatic nitrogens is 2. The first-order chi connectivity index (χ1) is 10.1. The van der Waals surface area contributed by atoms with E-state index in [0.717, 1.165) is 36.1 Å². The van der Waals surface area contributed by atoms with Gasteiger partial charge >= 0.3 is 0 Å². The van der Waals surface area contributed by atoms with Crippen molar-refractivity contribution in [1.82, 2.24) is 14.9 Å². The smallest absolute Gasteiger partial charge is 0.227 e. The lowest BCUT2D eigenvalue weighted by Crippen LogP contribution is -2.20. The van der Waals surface area contributed by atoms with Crippen LogP contribution >= 0.6 is 11.3 Å². The molecule has 21 heavy (non-hydrogen) atoms. The fourth-order valence-corrected chi connectivity index (χ4v) is 2.83. The van der Waals surface area contributed by atoms with Gasteiger partial charge in [0, 0.05) is 18.0 Å². The summed E-state index contributed by atoms with van der Waals surface area (Å²) in [5, 5.41) is 4.27. The third kappa shape index (κ3) is 4.28. The van der Waals surface area contributed by atoms with E-state index in [1.54, 1.807) is 11.3 Å². The Morgan fingerprint density at radius 3 is 2.76 bits per heavy atom. The molecule has 0 saturated heterocycles. The highest BCUT2D eigenvalue weighted by Crippen LogP contribution is 2.31. The van der Waals surface area contributed by atoms with Crippen molar-refractivity contribution in [3.63, 3.8) is 0 Å². The van der Waals surface area contributed by atoms with Gasteiger partial charge in [-0.15, -0.1) is 11.3 Å². The van der Waals surface area contributed by atoms with Crippen molar-refractivity contribution in [3.05, 3.63) is 10.9 Å². The van der Waals surface area contributed by atoms with E-state index in [0.29, 0.717) is 18.4 Å². The summed E-state index contributed by atoms with van der Waals surface area (Å²) in [7, 11) is 4.07. The van der Waals surface area contributed by atoms with E-state index in [1.807, 2.05) is 14.1 Å². The molecule has 116 valence electrons. The molecule has 5 nitrogen and oxygen atoms in total. The van der Waals surface area contributed by atoms with Crippen molar-refractivity contribution in [3.8, 4) is 5.88 Å². The quantitative estimate of drug-likeness (QED) is 0.812. The first kappa shape index (κ1) is 16.0. The minimum Gasteiger partial charge on any atom is -0.476 e. The summed E-state index contributed by atoms with van der Waals surface area (Å²) in [5.41, 5.74) is 0. The molecule has 0 spiro atoms. The number of nitrogens with zero attached hydrogens (tertiary/aromatic N) is 3. The molecule has 2 aromatic heterocycles. The Kier molecular flexibility index (Phi) is 5.76. The second-order valence-corrected chi connectivity index (χ2v) is 6.33. The zero-order valence-corrected chi connectivity index (χ0v) is 14.1. The second-order valence-electron chi connectivity index (χ2n) is 5.22. The fraction of sp³-hybridized carbons (Fsp3) is 0.600. The number of nitrogens with one attached hydrogen (secondary N) is 1. The van der Waals surface area contributed by atoms with E-state index in [9.17, 15) is 0 Å². The molecular formula is C15H24N4OS. The molecule has 0 atom stereocenters. The van der Waals surface area contributed by atoms with Crippen LogP contribution < -0.4 is 10.1 Å². The molecule has 0 unspecified atom stereocenters. The molecule has 1 N–H and O–H groups in total. The molecule has 0 saturated carbocycles. The van der Waals surface area contributed by atoms with Crippen LogP contribution in [0.4, 0.5) is 5.95 Å². The molecule has 0 aromatic carbocycles. The lowest BCUT2D eigenvalue weighted by molar-refractivity contribution is 0.256. The maximum atomic E-state index is 5.88.